The number of rotatable bonds is 7. The molecule has 8 nitrogen and oxygen atoms in total. The molecule has 0 saturated carbocycles. The number of carbonyl (C=O) groups excluding carboxylic acids is 2. The highest BCUT2D eigenvalue weighted by molar-refractivity contribution is 7.89. The summed E-state index contributed by atoms with van der Waals surface area (Å²) < 4.78 is 27.0. The first-order valence-electron chi connectivity index (χ1n) is 9.31. The largest absolute Gasteiger partial charge is 0.360 e. The minimum atomic E-state index is -3.76. The number of hydrogen-bond acceptors (Lipinski definition) is 5. The number of piperazine rings is 1. The van der Waals surface area contributed by atoms with Crippen LogP contribution in [-0.4, -0.2) is 45.9 Å². The Hall–Kier alpha value is -2.91. The van der Waals surface area contributed by atoms with Crippen molar-refractivity contribution in [3.63, 3.8) is 0 Å². The van der Waals surface area contributed by atoms with Crippen molar-refractivity contribution < 1.29 is 18.0 Å². The van der Waals surface area contributed by atoms with Gasteiger partial charge in [-0.15, -0.1) is 0 Å². The predicted octanol–water partition coefficient (Wildman–Crippen LogP) is 0.606. The molecule has 2 aromatic carbocycles. The second-order valence-electron chi connectivity index (χ2n) is 6.81. The van der Waals surface area contributed by atoms with Crippen molar-refractivity contribution >= 4 is 27.5 Å². The molecule has 9 heteroatoms. The van der Waals surface area contributed by atoms with E-state index in [1.165, 1.54) is 19.1 Å². The predicted molar refractivity (Wildman–Crippen MR) is 110 cm³/mol. The van der Waals surface area contributed by atoms with E-state index in [0.29, 0.717) is 13.1 Å². The van der Waals surface area contributed by atoms with Crippen molar-refractivity contribution in [2.75, 3.05) is 24.5 Å². The average molecular weight is 417 g/mol. The Morgan fingerprint density at radius 2 is 1.83 bits per heavy atom. The van der Waals surface area contributed by atoms with Gasteiger partial charge in [0.05, 0.1) is 17.5 Å². The van der Waals surface area contributed by atoms with E-state index in [9.17, 15) is 18.0 Å². The third-order valence-electron chi connectivity index (χ3n) is 4.59. The topological polar surface area (TPSA) is 108 Å². The minimum Gasteiger partial charge on any atom is -0.360 e. The fraction of sp³-hybridized carbons (Fsp3) is 0.300. The molecule has 2 amide bonds. The highest BCUT2D eigenvalue weighted by Crippen LogP contribution is 2.16. The van der Waals surface area contributed by atoms with Gasteiger partial charge in [-0.1, -0.05) is 30.3 Å². The van der Waals surface area contributed by atoms with Crippen LogP contribution in [0.4, 0.5) is 5.69 Å². The maximum Gasteiger partial charge on any atom is 0.241 e. The van der Waals surface area contributed by atoms with Crippen molar-refractivity contribution in [3.05, 3.63) is 60.2 Å². The Labute approximate surface area is 170 Å². The normalized spacial score (nSPS) is 15.5. The molecule has 3 N–H and O–H groups in total. The van der Waals surface area contributed by atoms with E-state index in [-0.39, 0.29) is 17.3 Å². The van der Waals surface area contributed by atoms with Crippen molar-refractivity contribution in [3.8, 4) is 0 Å². The lowest BCUT2D eigenvalue weighted by Crippen LogP contribution is -2.47. The number of carbonyl (C=O) groups is 2. The standard InChI is InChI=1S/C20H24N4O4S/c1-15(23-29(27,28)18-5-3-2-4-6-18)20(26)22-13-16-7-9-17(10-8-16)24-12-11-21-19(25)14-24/h2-10,15,23H,11-14H2,1H3,(H,21,25)(H,22,26)/t15-/m0/s1. The lowest BCUT2D eigenvalue weighted by atomic mass is 10.1. The third kappa shape index (κ3) is 5.55. The molecule has 0 unspecified atom stereocenters. The molecule has 2 aromatic rings. The van der Waals surface area contributed by atoms with Crippen molar-refractivity contribution in [2.24, 2.45) is 0 Å². The van der Waals surface area contributed by atoms with Gasteiger partial charge in [-0.2, -0.15) is 4.72 Å². The van der Waals surface area contributed by atoms with Gasteiger partial charge in [-0.25, -0.2) is 8.42 Å². The molecule has 0 aliphatic carbocycles. The Balaban J connectivity index is 1.53. The zero-order valence-corrected chi connectivity index (χ0v) is 16.9. The number of anilines is 1. The van der Waals surface area contributed by atoms with Crippen molar-refractivity contribution in [1.29, 1.82) is 0 Å². The average Bonchev–Trinajstić information content (AvgIpc) is 2.72. The Morgan fingerprint density at radius 3 is 2.48 bits per heavy atom. The molecule has 29 heavy (non-hydrogen) atoms. The summed E-state index contributed by atoms with van der Waals surface area (Å²) >= 11 is 0. The van der Waals surface area contributed by atoms with Crippen LogP contribution >= 0.6 is 0 Å². The number of hydrogen-bond donors (Lipinski definition) is 3. The summed E-state index contributed by atoms with van der Waals surface area (Å²) in [4.78, 5) is 25.9. The van der Waals surface area contributed by atoms with E-state index >= 15 is 0 Å². The van der Waals surface area contributed by atoms with E-state index in [2.05, 4.69) is 15.4 Å². The van der Waals surface area contributed by atoms with Crippen LogP contribution in [0.15, 0.2) is 59.5 Å². The molecule has 1 aliphatic heterocycles. The molecule has 1 aliphatic rings. The number of nitrogens with zero attached hydrogens (tertiary/aromatic N) is 1. The quantitative estimate of drug-likeness (QED) is 0.613. The van der Waals surface area contributed by atoms with Gasteiger partial charge < -0.3 is 15.5 Å². The molecular weight excluding hydrogens is 392 g/mol. The van der Waals surface area contributed by atoms with Gasteiger partial charge in [0.25, 0.3) is 0 Å². The molecule has 1 saturated heterocycles. The zero-order valence-electron chi connectivity index (χ0n) is 16.1. The van der Waals surface area contributed by atoms with Gasteiger partial charge >= 0.3 is 0 Å². The van der Waals surface area contributed by atoms with Crippen LogP contribution < -0.4 is 20.3 Å². The minimum absolute atomic E-state index is 0.000433. The summed E-state index contributed by atoms with van der Waals surface area (Å²) in [6.07, 6.45) is 0. The Kier molecular flexibility index (Phi) is 6.50. The van der Waals surface area contributed by atoms with Gasteiger partial charge in [0.2, 0.25) is 21.8 Å². The number of benzene rings is 2. The second-order valence-corrected chi connectivity index (χ2v) is 8.53. The van der Waals surface area contributed by atoms with Crippen LogP contribution in [0.5, 0.6) is 0 Å². The van der Waals surface area contributed by atoms with Crippen molar-refractivity contribution in [2.45, 2.75) is 24.4 Å². The SMILES string of the molecule is C[C@H](NS(=O)(=O)c1ccccc1)C(=O)NCc1ccc(N2CCNC(=O)C2)cc1. The van der Waals surface area contributed by atoms with E-state index in [0.717, 1.165) is 17.8 Å². The van der Waals surface area contributed by atoms with Crippen LogP contribution in [-0.2, 0) is 26.2 Å². The van der Waals surface area contributed by atoms with Gasteiger partial charge in [0.15, 0.2) is 0 Å². The summed E-state index contributed by atoms with van der Waals surface area (Å²) in [5.41, 5.74) is 1.82. The highest BCUT2D eigenvalue weighted by Gasteiger charge is 2.21. The lowest BCUT2D eigenvalue weighted by molar-refractivity contribution is -0.122. The van der Waals surface area contributed by atoms with Crippen molar-refractivity contribution in [1.82, 2.24) is 15.4 Å². The smallest absolute Gasteiger partial charge is 0.241 e. The summed E-state index contributed by atoms with van der Waals surface area (Å²) in [6.45, 7) is 3.47. The maximum atomic E-state index is 12.3. The van der Waals surface area contributed by atoms with Crippen LogP contribution in [0.2, 0.25) is 0 Å². The molecule has 0 radical (unpaired) electrons. The summed E-state index contributed by atoms with van der Waals surface area (Å²) in [5.74, 6) is -0.416. The first kappa shape index (κ1) is 20.8. The lowest BCUT2D eigenvalue weighted by Gasteiger charge is -2.28. The van der Waals surface area contributed by atoms with E-state index in [1.54, 1.807) is 18.2 Å². The van der Waals surface area contributed by atoms with Gasteiger partial charge in [-0.05, 0) is 36.8 Å². The monoisotopic (exact) mass is 416 g/mol. The van der Waals surface area contributed by atoms with E-state index < -0.39 is 22.0 Å². The summed E-state index contributed by atoms with van der Waals surface area (Å²) in [7, 11) is -3.76. The summed E-state index contributed by atoms with van der Waals surface area (Å²) in [5, 5.41) is 5.52. The molecule has 0 spiro atoms. The fourth-order valence-electron chi connectivity index (χ4n) is 2.98. The fourth-order valence-corrected chi connectivity index (χ4v) is 4.20. The van der Waals surface area contributed by atoms with Gasteiger partial charge in [0, 0.05) is 25.3 Å². The van der Waals surface area contributed by atoms with E-state index in [4.69, 9.17) is 0 Å². The second kappa shape index (κ2) is 9.06. The molecule has 1 heterocycles. The maximum absolute atomic E-state index is 12.3. The third-order valence-corrected chi connectivity index (χ3v) is 6.14. The molecule has 1 fully saturated rings. The molecule has 3 rings (SSSR count). The highest BCUT2D eigenvalue weighted by atomic mass is 32.2. The first-order chi connectivity index (χ1) is 13.8. The molecular formula is C20H24N4O4S. The molecule has 0 aromatic heterocycles. The van der Waals surface area contributed by atoms with Crippen LogP contribution in [0, 0.1) is 0 Å². The van der Waals surface area contributed by atoms with Gasteiger partial charge in [0.1, 0.15) is 0 Å². The van der Waals surface area contributed by atoms with E-state index in [1.807, 2.05) is 29.2 Å². The zero-order chi connectivity index (χ0) is 20.9. The molecule has 0 bridgehead atoms. The van der Waals surface area contributed by atoms with Crippen LogP contribution in [0.1, 0.15) is 12.5 Å². The number of amides is 2. The van der Waals surface area contributed by atoms with Gasteiger partial charge in [-0.3, -0.25) is 9.59 Å². The Morgan fingerprint density at radius 1 is 1.14 bits per heavy atom. The first-order valence-corrected chi connectivity index (χ1v) is 10.8. The van der Waals surface area contributed by atoms with Crippen LogP contribution in [0.3, 0.4) is 0 Å². The molecule has 154 valence electrons. The number of nitrogens with one attached hydrogen (secondary N) is 3. The summed E-state index contributed by atoms with van der Waals surface area (Å²) in [6, 6.07) is 14.6. The molecule has 1 atom stereocenters. The van der Waals surface area contributed by atoms with Crippen LogP contribution in [0.25, 0.3) is 0 Å². The Bertz CT molecular complexity index is 962. The number of sulfonamides is 1.